The van der Waals surface area contributed by atoms with Gasteiger partial charge in [0.1, 0.15) is 0 Å². The van der Waals surface area contributed by atoms with Crippen LogP contribution in [-0.4, -0.2) is 15.2 Å². The van der Waals surface area contributed by atoms with E-state index in [1.54, 1.807) is 5.57 Å². The summed E-state index contributed by atoms with van der Waals surface area (Å²) >= 11 is 0. The van der Waals surface area contributed by atoms with Gasteiger partial charge in [0.15, 0.2) is 0 Å². The van der Waals surface area contributed by atoms with Gasteiger partial charge in [-0.2, -0.15) is 0 Å². The topological polar surface area (TPSA) is 12.4 Å². The molecule has 2 radical (unpaired) electrons. The molecule has 0 bridgehead atoms. The molecule has 1 aliphatic heterocycles. The van der Waals surface area contributed by atoms with Gasteiger partial charge in [-0.25, -0.2) is 0 Å². The van der Waals surface area contributed by atoms with Crippen molar-refractivity contribution >= 4 is 21.3 Å². The maximum Gasteiger partial charge on any atom is 0.0949 e. The Kier molecular flexibility index (Phi) is 6.21. The summed E-state index contributed by atoms with van der Waals surface area (Å²) in [6.45, 7) is 15.9. The van der Waals surface area contributed by atoms with Crippen LogP contribution in [0.2, 0.25) is 0 Å². The molecular formula is C33H37NSi. The van der Waals surface area contributed by atoms with E-state index in [1.807, 2.05) is 0 Å². The van der Waals surface area contributed by atoms with Gasteiger partial charge < -0.3 is 0 Å². The van der Waals surface area contributed by atoms with Gasteiger partial charge in [-0.15, -0.1) is 0 Å². The van der Waals surface area contributed by atoms with Crippen molar-refractivity contribution < 1.29 is 0 Å². The van der Waals surface area contributed by atoms with E-state index < -0.39 is 0 Å². The number of fused-ring (bicyclic) bond motifs is 2. The van der Waals surface area contributed by atoms with Crippen LogP contribution in [0.15, 0.2) is 86.7 Å². The van der Waals surface area contributed by atoms with Crippen molar-refractivity contribution in [1.29, 1.82) is 0 Å². The maximum absolute atomic E-state index is 4.95. The zero-order valence-corrected chi connectivity index (χ0v) is 23.3. The SMILES string of the molecule is CCCC1=Cc2c(-c3ccc(C(C)(C)C)cc3)cccc2C1[Si]C1=C(C)C2=C(C)C(CC)=NC2=C1. The number of hydrogen-bond acceptors (Lipinski definition) is 1. The first-order valence-electron chi connectivity index (χ1n) is 13.2. The van der Waals surface area contributed by atoms with Gasteiger partial charge in [-0.05, 0) is 77.1 Å². The van der Waals surface area contributed by atoms with Crippen molar-refractivity contribution in [3.8, 4) is 11.1 Å². The van der Waals surface area contributed by atoms with Gasteiger partial charge in [0.05, 0.1) is 15.2 Å². The van der Waals surface area contributed by atoms with Crippen molar-refractivity contribution in [3.63, 3.8) is 0 Å². The van der Waals surface area contributed by atoms with Crippen LogP contribution >= 0.6 is 0 Å². The fourth-order valence-electron chi connectivity index (χ4n) is 5.77. The van der Waals surface area contributed by atoms with Gasteiger partial charge >= 0.3 is 0 Å². The third-order valence-corrected chi connectivity index (χ3v) is 9.57. The third-order valence-electron chi connectivity index (χ3n) is 7.77. The van der Waals surface area contributed by atoms with Crippen LogP contribution in [0.5, 0.6) is 0 Å². The van der Waals surface area contributed by atoms with Crippen molar-refractivity contribution in [1.82, 2.24) is 0 Å². The number of rotatable bonds is 6. The molecule has 178 valence electrons. The molecule has 5 rings (SSSR count). The standard InChI is InChI=1S/C33H37NSi/c1-8-11-23-18-27-25(22-14-16-24(17-15-22)33(5,6)7)12-10-13-26(27)32(23)35-30-19-29-31(21(30)4)20(3)28(9-2)34-29/h10,12-19,32H,8-9,11H2,1-7H3. The van der Waals surface area contributed by atoms with E-state index in [4.69, 9.17) is 4.99 Å². The van der Waals surface area contributed by atoms with Crippen molar-refractivity contribution in [2.75, 3.05) is 0 Å². The molecule has 0 aromatic heterocycles. The highest BCUT2D eigenvalue weighted by Crippen LogP contribution is 2.46. The lowest BCUT2D eigenvalue weighted by molar-refractivity contribution is 0.590. The molecule has 1 heterocycles. The molecule has 1 unspecified atom stereocenters. The predicted molar refractivity (Wildman–Crippen MR) is 153 cm³/mol. The summed E-state index contributed by atoms with van der Waals surface area (Å²) in [5.74, 6) is 0. The molecule has 0 fully saturated rings. The number of nitrogens with zero attached hydrogens (tertiary/aromatic N) is 1. The monoisotopic (exact) mass is 475 g/mol. The Labute approximate surface area is 214 Å². The minimum atomic E-state index is 0.174. The average molecular weight is 476 g/mol. The van der Waals surface area contributed by atoms with Crippen molar-refractivity contribution in [3.05, 3.63) is 98.4 Å². The Balaban J connectivity index is 1.51. The van der Waals surface area contributed by atoms with E-state index in [0.717, 1.165) is 22.4 Å². The van der Waals surface area contributed by atoms with Gasteiger partial charge in [-0.3, -0.25) is 4.99 Å². The number of hydrogen-bond donors (Lipinski definition) is 0. The summed E-state index contributed by atoms with van der Waals surface area (Å²) in [5, 5.41) is 1.49. The lowest BCUT2D eigenvalue weighted by atomic mass is 9.86. The van der Waals surface area contributed by atoms with Gasteiger partial charge in [0.2, 0.25) is 0 Å². The van der Waals surface area contributed by atoms with E-state index in [0.29, 0.717) is 5.54 Å². The fraction of sp³-hybridized carbons (Fsp3) is 0.364. The Morgan fingerprint density at radius 3 is 2.29 bits per heavy atom. The zero-order valence-electron chi connectivity index (χ0n) is 22.3. The van der Waals surface area contributed by atoms with Crippen LogP contribution in [-0.2, 0) is 5.41 Å². The second-order valence-corrected chi connectivity index (χ2v) is 12.6. The second-order valence-electron chi connectivity index (χ2n) is 11.2. The number of benzene rings is 2. The highest BCUT2D eigenvalue weighted by molar-refractivity contribution is 6.50. The smallest absolute Gasteiger partial charge is 0.0949 e. The van der Waals surface area contributed by atoms with Crippen LogP contribution < -0.4 is 0 Å². The minimum absolute atomic E-state index is 0.174. The minimum Gasteiger partial charge on any atom is -0.253 e. The molecule has 2 aromatic carbocycles. The lowest BCUT2D eigenvalue weighted by Crippen LogP contribution is -2.12. The first-order chi connectivity index (χ1) is 16.7. The molecule has 0 spiro atoms. The molecule has 0 amide bonds. The molecule has 2 aliphatic carbocycles. The summed E-state index contributed by atoms with van der Waals surface area (Å²) in [6.07, 6.45) is 8.25. The van der Waals surface area contributed by atoms with E-state index in [-0.39, 0.29) is 5.41 Å². The highest BCUT2D eigenvalue weighted by Gasteiger charge is 2.32. The van der Waals surface area contributed by atoms with Crippen LogP contribution in [0.1, 0.15) is 90.0 Å². The van der Waals surface area contributed by atoms with Gasteiger partial charge in [-0.1, -0.05) is 100 Å². The zero-order chi connectivity index (χ0) is 24.9. The Morgan fingerprint density at radius 2 is 1.66 bits per heavy atom. The summed E-state index contributed by atoms with van der Waals surface area (Å²) in [7, 11) is 0.744. The summed E-state index contributed by atoms with van der Waals surface area (Å²) in [5.41, 5.74) is 15.9. The van der Waals surface area contributed by atoms with E-state index in [1.165, 1.54) is 67.6 Å². The number of allylic oxidation sites excluding steroid dienone is 5. The van der Waals surface area contributed by atoms with Crippen LogP contribution in [0.25, 0.3) is 17.2 Å². The highest BCUT2D eigenvalue weighted by atomic mass is 28.2. The molecule has 2 aromatic rings. The molecular weight excluding hydrogens is 438 g/mol. The first kappa shape index (κ1) is 24.0. The van der Waals surface area contributed by atoms with Crippen LogP contribution in [0.3, 0.4) is 0 Å². The van der Waals surface area contributed by atoms with E-state index in [9.17, 15) is 0 Å². The molecule has 1 nitrogen and oxygen atoms in total. The summed E-state index contributed by atoms with van der Waals surface area (Å²) in [6, 6.07) is 16.2. The summed E-state index contributed by atoms with van der Waals surface area (Å²) < 4.78 is 0. The Bertz CT molecular complexity index is 1340. The molecule has 0 saturated heterocycles. The lowest BCUT2D eigenvalue weighted by Gasteiger charge is -2.20. The van der Waals surface area contributed by atoms with Crippen molar-refractivity contribution in [2.45, 2.75) is 78.7 Å². The normalized spacial score (nSPS) is 19.2. The van der Waals surface area contributed by atoms with Gasteiger partial charge in [0.25, 0.3) is 0 Å². The average Bonchev–Trinajstić information content (AvgIpc) is 3.45. The molecule has 35 heavy (non-hydrogen) atoms. The predicted octanol–water partition coefficient (Wildman–Crippen LogP) is 8.95. The molecule has 0 saturated carbocycles. The van der Waals surface area contributed by atoms with E-state index >= 15 is 0 Å². The largest absolute Gasteiger partial charge is 0.253 e. The van der Waals surface area contributed by atoms with Crippen LogP contribution in [0.4, 0.5) is 0 Å². The third kappa shape index (κ3) is 4.16. The van der Waals surface area contributed by atoms with E-state index in [2.05, 4.69) is 103 Å². The fourth-order valence-corrected chi connectivity index (χ4v) is 7.46. The maximum atomic E-state index is 4.95. The van der Waals surface area contributed by atoms with Crippen LogP contribution in [0, 0.1) is 0 Å². The Hall–Kier alpha value is -2.71. The quantitative estimate of drug-likeness (QED) is 0.370. The molecule has 2 heteroatoms. The molecule has 0 N–H and O–H groups in total. The molecule has 3 aliphatic rings. The Morgan fingerprint density at radius 1 is 0.914 bits per heavy atom. The second kappa shape index (κ2) is 9.06. The van der Waals surface area contributed by atoms with Gasteiger partial charge in [0, 0.05) is 16.8 Å². The van der Waals surface area contributed by atoms with Crippen molar-refractivity contribution in [2.24, 2.45) is 4.99 Å². The number of aliphatic imine (C=N–C) groups is 1. The first-order valence-corrected chi connectivity index (χ1v) is 14.2. The summed E-state index contributed by atoms with van der Waals surface area (Å²) in [4.78, 5) is 4.95. The molecule has 1 atom stereocenters.